The van der Waals surface area contributed by atoms with Crippen LogP contribution in [0.1, 0.15) is 35.3 Å². The Bertz CT molecular complexity index is 1170. The van der Waals surface area contributed by atoms with Crippen molar-refractivity contribution < 1.29 is 22.4 Å². The SMILES string of the molecule is O=C(c1cc(F)ccc1-n1nccn1)N1C2CCC1C(CNc1cccc(C(F)(F)F)n1)C2. The van der Waals surface area contributed by atoms with Crippen molar-refractivity contribution in [3.8, 4) is 5.69 Å². The van der Waals surface area contributed by atoms with Crippen LogP contribution in [-0.2, 0) is 6.18 Å². The van der Waals surface area contributed by atoms with Crippen molar-refractivity contribution in [2.24, 2.45) is 5.92 Å². The van der Waals surface area contributed by atoms with E-state index in [9.17, 15) is 22.4 Å². The van der Waals surface area contributed by atoms with Crippen LogP contribution < -0.4 is 5.32 Å². The summed E-state index contributed by atoms with van der Waals surface area (Å²) in [5, 5.41) is 11.1. The lowest BCUT2D eigenvalue weighted by molar-refractivity contribution is -0.141. The van der Waals surface area contributed by atoms with E-state index in [4.69, 9.17) is 0 Å². The van der Waals surface area contributed by atoms with E-state index in [1.54, 1.807) is 4.90 Å². The van der Waals surface area contributed by atoms with E-state index in [-0.39, 0.29) is 35.3 Å². The standard InChI is InChI=1S/C22H20F4N6O/c23-14-4-6-18(32-28-8-9-29-32)16(11-14)21(33)31-15-5-7-17(31)13(10-15)12-27-20-3-1-2-19(30-20)22(24,25)26/h1-4,6,8-9,11,13,15,17H,5,7,10,12H2,(H,27,30). The van der Waals surface area contributed by atoms with Gasteiger partial charge < -0.3 is 10.2 Å². The van der Waals surface area contributed by atoms with Crippen molar-refractivity contribution in [2.45, 2.75) is 37.5 Å². The third-order valence-corrected chi connectivity index (χ3v) is 6.31. The van der Waals surface area contributed by atoms with Crippen LogP contribution in [0, 0.1) is 11.7 Å². The molecule has 3 aromatic rings. The number of rotatable bonds is 5. The maximum Gasteiger partial charge on any atom is 0.433 e. The lowest BCUT2D eigenvalue weighted by Gasteiger charge is -2.25. The molecule has 3 atom stereocenters. The highest BCUT2D eigenvalue weighted by Crippen LogP contribution is 2.43. The molecule has 2 fully saturated rings. The number of amides is 1. The summed E-state index contributed by atoms with van der Waals surface area (Å²) in [5.41, 5.74) is -0.389. The van der Waals surface area contributed by atoms with Crippen LogP contribution in [0.4, 0.5) is 23.4 Å². The molecule has 1 aromatic carbocycles. The largest absolute Gasteiger partial charge is 0.433 e. The maximum atomic E-state index is 14.0. The molecule has 1 N–H and O–H groups in total. The van der Waals surface area contributed by atoms with E-state index in [1.165, 1.54) is 47.5 Å². The van der Waals surface area contributed by atoms with Gasteiger partial charge in [0.15, 0.2) is 0 Å². The third-order valence-electron chi connectivity index (χ3n) is 6.31. The summed E-state index contributed by atoms with van der Waals surface area (Å²) >= 11 is 0. The number of aromatic nitrogens is 4. The van der Waals surface area contributed by atoms with Crippen molar-refractivity contribution in [2.75, 3.05) is 11.9 Å². The minimum absolute atomic E-state index is 0.00883. The Morgan fingerprint density at radius 3 is 2.67 bits per heavy atom. The van der Waals surface area contributed by atoms with Gasteiger partial charge in [-0.3, -0.25) is 4.79 Å². The first kappa shape index (κ1) is 21.4. The molecule has 33 heavy (non-hydrogen) atoms. The van der Waals surface area contributed by atoms with E-state index >= 15 is 0 Å². The van der Waals surface area contributed by atoms with Gasteiger partial charge in [-0.05, 0) is 55.5 Å². The predicted molar refractivity (Wildman–Crippen MR) is 110 cm³/mol. The zero-order valence-corrected chi connectivity index (χ0v) is 17.3. The summed E-state index contributed by atoms with van der Waals surface area (Å²) < 4.78 is 52.8. The number of nitrogens with zero attached hydrogens (tertiary/aromatic N) is 5. The van der Waals surface area contributed by atoms with Crippen LogP contribution in [-0.4, -0.2) is 49.4 Å². The van der Waals surface area contributed by atoms with Gasteiger partial charge in [-0.15, -0.1) is 0 Å². The van der Waals surface area contributed by atoms with Gasteiger partial charge in [-0.2, -0.15) is 28.2 Å². The number of carbonyl (C=O) groups is 1. The van der Waals surface area contributed by atoms with Gasteiger partial charge >= 0.3 is 6.18 Å². The number of halogens is 4. The minimum Gasteiger partial charge on any atom is -0.370 e. The smallest absolute Gasteiger partial charge is 0.370 e. The Morgan fingerprint density at radius 2 is 1.91 bits per heavy atom. The van der Waals surface area contributed by atoms with Crippen molar-refractivity contribution in [1.82, 2.24) is 24.9 Å². The summed E-state index contributed by atoms with van der Waals surface area (Å²) in [6.45, 7) is 0.385. The Labute approximate surface area is 186 Å². The van der Waals surface area contributed by atoms with Gasteiger partial charge in [0, 0.05) is 18.6 Å². The molecule has 2 aromatic heterocycles. The van der Waals surface area contributed by atoms with Crippen LogP contribution in [0.25, 0.3) is 5.69 Å². The van der Waals surface area contributed by atoms with E-state index in [0.29, 0.717) is 18.7 Å². The second-order valence-corrected chi connectivity index (χ2v) is 8.27. The molecule has 0 radical (unpaired) electrons. The molecule has 172 valence electrons. The number of carbonyl (C=O) groups excluding carboxylic acids is 1. The molecule has 4 heterocycles. The van der Waals surface area contributed by atoms with E-state index in [0.717, 1.165) is 18.9 Å². The number of fused-ring (bicyclic) bond motifs is 2. The molecular weight excluding hydrogens is 440 g/mol. The van der Waals surface area contributed by atoms with Gasteiger partial charge in [0.05, 0.1) is 23.6 Å². The van der Waals surface area contributed by atoms with E-state index in [2.05, 4.69) is 20.5 Å². The zero-order valence-electron chi connectivity index (χ0n) is 17.3. The highest BCUT2D eigenvalue weighted by Gasteiger charge is 2.48. The van der Waals surface area contributed by atoms with Crippen LogP contribution >= 0.6 is 0 Å². The lowest BCUT2D eigenvalue weighted by atomic mass is 9.89. The zero-order chi connectivity index (χ0) is 23.2. The molecule has 5 rings (SSSR count). The molecule has 1 amide bonds. The fourth-order valence-corrected chi connectivity index (χ4v) is 4.91. The maximum absolute atomic E-state index is 14.0. The van der Waals surface area contributed by atoms with Gasteiger partial charge in [0.2, 0.25) is 0 Å². The fourth-order valence-electron chi connectivity index (χ4n) is 4.91. The third kappa shape index (κ3) is 4.03. The number of anilines is 1. The lowest BCUT2D eigenvalue weighted by Crippen LogP contribution is -2.38. The average molecular weight is 460 g/mol. The topological polar surface area (TPSA) is 75.9 Å². The van der Waals surface area contributed by atoms with Crippen LogP contribution in [0.2, 0.25) is 0 Å². The minimum atomic E-state index is -4.51. The summed E-state index contributed by atoms with van der Waals surface area (Å²) in [5.74, 6) is -0.643. The monoisotopic (exact) mass is 460 g/mol. The summed E-state index contributed by atoms with van der Waals surface area (Å²) in [4.78, 5) is 20.2. The van der Waals surface area contributed by atoms with Crippen LogP contribution in [0.5, 0.6) is 0 Å². The number of hydrogen-bond donors (Lipinski definition) is 1. The molecule has 3 unspecified atom stereocenters. The molecule has 2 saturated heterocycles. The summed E-state index contributed by atoms with van der Waals surface area (Å²) in [6.07, 6.45) is 0.761. The van der Waals surface area contributed by atoms with Gasteiger partial charge in [0.25, 0.3) is 5.91 Å². The number of alkyl halides is 3. The normalized spacial score (nSPS) is 22.1. The molecule has 0 saturated carbocycles. The van der Waals surface area contributed by atoms with Gasteiger partial charge in [-0.25, -0.2) is 9.37 Å². The van der Waals surface area contributed by atoms with Crippen molar-refractivity contribution in [3.05, 3.63) is 65.9 Å². The molecule has 0 aliphatic carbocycles. The molecule has 0 spiro atoms. The fraction of sp³-hybridized carbons (Fsp3) is 0.364. The number of hydrogen-bond acceptors (Lipinski definition) is 5. The Morgan fingerprint density at radius 1 is 1.12 bits per heavy atom. The summed E-state index contributed by atoms with van der Waals surface area (Å²) in [6, 6.07) is 7.53. The van der Waals surface area contributed by atoms with Crippen LogP contribution in [0.3, 0.4) is 0 Å². The molecule has 2 aliphatic rings. The second-order valence-electron chi connectivity index (χ2n) is 8.27. The first-order valence-corrected chi connectivity index (χ1v) is 10.6. The highest BCUT2D eigenvalue weighted by atomic mass is 19.4. The van der Waals surface area contributed by atoms with Gasteiger partial charge in [0.1, 0.15) is 17.3 Å². The Balaban J connectivity index is 1.33. The molecule has 11 heteroatoms. The quantitative estimate of drug-likeness (QED) is 0.584. The Kier molecular flexibility index (Phi) is 5.26. The van der Waals surface area contributed by atoms with E-state index < -0.39 is 17.7 Å². The number of nitrogens with one attached hydrogen (secondary N) is 1. The molecule has 2 aliphatic heterocycles. The first-order valence-electron chi connectivity index (χ1n) is 10.6. The van der Waals surface area contributed by atoms with Crippen molar-refractivity contribution in [3.63, 3.8) is 0 Å². The number of pyridine rings is 1. The van der Waals surface area contributed by atoms with Crippen molar-refractivity contribution in [1.29, 1.82) is 0 Å². The highest BCUT2D eigenvalue weighted by molar-refractivity contribution is 5.98. The molecule has 7 nitrogen and oxygen atoms in total. The van der Waals surface area contributed by atoms with E-state index in [1.807, 2.05) is 0 Å². The van der Waals surface area contributed by atoms with Crippen molar-refractivity contribution >= 4 is 11.7 Å². The molecule has 2 bridgehead atoms. The Hall–Kier alpha value is -3.50. The van der Waals surface area contributed by atoms with Gasteiger partial charge in [-0.1, -0.05) is 6.07 Å². The van der Waals surface area contributed by atoms with Crippen LogP contribution in [0.15, 0.2) is 48.8 Å². The predicted octanol–water partition coefficient (Wildman–Crippen LogP) is 3.93. The second kappa shape index (κ2) is 8.13. The molecular formula is C22H20F4N6O. The average Bonchev–Trinajstić information content (AvgIpc) is 3.53. The number of benzene rings is 1. The summed E-state index contributed by atoms with van der Waals surface area (Å²) in [7, 11) is 0. The first-order chi connectivity index (χ1) is 15.8.